The molecule has 3 aromatic rings. The molecule has 0 bridgehead atoms. The number of ether oxygens (including phenoxy) is 4. The van der Waals surface area contributed by atoms with E-state index in [4.69, 9.17) is 18.9 Å². The van der Waals surface area contributed by atoms with E-state index in [2.05, 4.69) is 6.58 Å². The SMILES string of the molecule is C=C(C)CS(=O)(=O)C1O[C@@H](C)[C@@H](OCc2ccccc2)[C@@H](OCc2ccccc2)[C@@H]1OCc1ccccc1. The van der Waals surface area contributed by atoms with Crippen molar-refractivity contribution >= 4 is 9.84 Å². The number of benzene rings is 3. The van der Waals surface area contributed by atoms with Crippen LogP contribution in [0.15, 0.2) is 103 Å². The Balaban J connectivity index is 1.65. The molecule has 1 aliphatic heterocycles. The number of rotatable bonds is 12. The summed E-state index contributed by atoms with van der Waals surface area (Å²) < 4.78 is 52.4. The predicted molar refractivity (Wildman–Crippen MR) is 148 cm³/mol. The molecule has 4 rings (SSSR count). The first-order valence-corrected chi connectivity index (χ1v) is 14.5. The Bertz CT molecular complexity index is 1250. The summed E-state index contributed by atoms with van der Waals surface area (Å²) in [6.45, 7) is 8.15. The van der Waals surface area contributed by atoms with Gasteiger partial charge in [0.1, 0.15) is 18.3 Å². The van der Waals surface area contributed by atoms with Gasteiger partial charge in [0.25, 0.3) is 0 Å². The minimum atomic E-state index is -3.76. The zero-order valence-corrected chi connectivity index (χ0v) is 22.8. The lowest BCUT2D eigenvalue weighted by Gasteiger charge is -2.45. The molecular formula is C31H36O6S. The summed E-state index contributed by atoms with van der Waals surface area (Å²) in [6, 6.07) is 29.2. The zero-order valence-electron chi connectivity index (χ0n) is 21.9. The molecule has 0 radical (unpaired) electrons. The van der Waals surface area contributed by atoms with Gasteiger partial charge < -0.3 is 18.9 Å². The second kappa shape index (κ2) is 13.3. The van der Waals surface area contributed by atoms with Crippen LogP contribution >= 0.6 is 0 Å². The van der Waals surface area contributed by atoms with Gasteiger partial charge in [-0.2, -0.15) is 0 Å². The Morgan fingerprint density at radius 1 is 0.711 bits per heavy atom. The van der Waals surface area contributed by atoms with E-state index in [1.807, 2.05) is 97.9 Å². The number of hydrogen-bond acceptors (Lipinski definition) is 6. The van der Waals surface area contributed by atoms with Gasteiger partial charge in [0.05, 0.1) is 31.7 Å². The molecular weight excluding hydrogens is 500 g/mol. The van der Waals surface area contributed by atoms with E-state index in [1.165, 1.54) is 0 Å². The fourth-order valence-corrected chi connectivity index (χ4v) is 6.42. The van der Waals surface area contributed by atoms with E-state index in [1.54, 1.807) is 6.92 Å². The lowest BCUT2D eigenvalue weighted by atomic mass is 9.99. The first kappa shape index (κ1) is 28.2. The third kappa shape index (κ3) is 7.62. The fourth-order valence-electron chi connectivity index (χ4n) is 4.58. The van der Waals surface area contributed by atoms with Gasteiger partial charge in [-0.15, -0.1) is 0 Å². The van der Waals surface area contributed by atoms with Gasteiger partial charge in [0.15, 0.2) is 15.3 Å². The van der Waals surface area contributed by atoms with E-state index >= 15 is 0 Å². The second-order valence-electron chi connectivity index (χ2n) is 9.76. The van der Waals surface area contributed by atoms with Gasteiger partial charge in [-0.1, -0.05) is 103 Å². The van der Waals surface area contributed by atoms with Crippen LogP contribution in [0.4, 0.5) is 0 Å². The maximum atomic E-state index is 13.5. The van der Waals surface area contributed by atoms with Gasteiger partial charge in [-0.3, -0.25) is 0 Å². The summed E-state index contributed by atoms with van der Waals surface area (Å²) in [5, 5.41) is 0. The van der Waals surface area contributed by atoms with Crippen molar-refractivity contribution < 1.29 is 27.4 Å². The molecule has 0 spiro atoms. The molecule has 0 amide bonds. The van der Waals surface area contributed by atoms with Crippen molar-refractivity contribution in [3.63, 3.8) is 0 Å². The average molecular weight is 537 g/mol. The molecule has 0 aromatic heterocycles. The maximum absolute atomic E-state index is 13.5. The van der Waals surface area contributed by atoms with E-state index < -0.39 is 39.7 Å². The normalized spacial score (nSPS) is 23.7. The van der Waals surface area contributed by atoms with Gasteiger partial charge in [-0.05, 0) is 30.5 Å². The van der Waals surface area contributed by atoms with E-state index in [9.17, 15) is 8.42 Å². The minimum Gasteiger partial charge on any atom is -0.368 e. The van der Waals surface area contributed by atoms with Crippen LogP contribution in [0.2, 0.25) is 0 Å². The summed E-state index contributed by atoms with van der Waals surface area (Å²) in [5.74, 6) is -0.198. The Morgan fingerprint density at radius 2 is 1.11 bits per heavy atom. The first-order valence-electron chi connectivity index (χ1n) is 12.8. The molecule has 1 fully saturated rings. The second-order valence-corrected chi connectivity index (χ2v) is 11.8. The highest BCUT2D eigenvalue weighted by Gasteiger charge is 2.51. The highest BCUT2D eigenvalue weighted by Crippen LogP contribution is 2.33. The van der Waals surface area contributed by atoms with E-state index in [-0.39, 0.29) is 19.0 Å². The minimum absolute atomic E-state index is 0.198. The van der Waals surface area contributed by atoms with Crippen LogP contribution in [-0.2, 0) is 48.6 Å². The first-order chi connectivity index (χ1) is 18.3. The van der Waals surface area contributed by atoms with Crippen molar-refractivity contribution in [3.05, 3.63) is 120 Å². The summed E-state index contributed by atoms with van der Waals surface area (Å²) in [6.07, 6.45) is -2.73. The lowest BCUT2D eigenvalue weighted by Crippen LogP contribution is -2.61. The fraction of sp³-hybridized carbons (Fsp3) is 0.355. The van der Waals surface area contributed by atoms with Crippen molar-refractivity contribution in [1.29, 1.82) is 0 Å². The molecule has 0 N–H and O–H groups in total. The van der Waals surface area contributed by atoms with Crippen molar-refractivity contribution in [2.75, 3.05) is 5.75 Å². The highest BCUT2D eigenvalue weighted by molar-refractivity contribution is 7.92. The Kier molecular flexibility index (Phi) is 9.88. The molecule has 1 unspecified atom stereocenters. The summed E-state index contributed by atoms with van der Waals surface area (Å²) in [5.41, 5.74) is 2.20. The molecule has 202 valence electrons. The highest BCUT2D eigenvalue weighted by atomic mass is 32.2. The van der Waals surface area contributed by atoms with Gasteiger partial charge >= 0.3 is 0 Å². The molecule has 0 saturated carbocycles. The largest absolute Gasteiger partial charge is 0.368 e. The Morgan fingerprint density at radius 3 is 1.53 bits per heavy atom. The van der Waals surface area contributed by atoms with Crippen molar-refractivity contribution in [1.82, 2.24) is 0 Å². The topological polar surface area (TPSA) is 71.1 Å². The van der Waals surface area contributed by atoms with Crippen molar-refractivity contribution in [2.45, 2.75) is 63.5 Å². The number of hydrogen-bond donors (Lipinski definition) is 0. The van der Waals surface area contributed by atoms with E-state index in [0.717, 1.165) is 16.7 Å². The molecule has 1 saturated heterocycles. The molecule has 7 heteroatoms. The third-order valence-electron chi connectivity index (χ3n) is 6.38. The molecule has 38 heavy (non-hydrogen) atoms. The smallest absolute Gasteiger partial charge is 0.188 e. The van der Waals surface area contributed by atoms with E-state index in [0.29, 0.717) is 12.2 Å². The number of sulfone groups is 1. The van der Waals surface area contributed by atoms with Gasteiger partial charge in [0, 0.05) is 0 Å². The molecule has 1 aliphatic rings. The standard InChI is InChI=1S/C31H36O6S/c1-23(2)22-38(32,33)31-30(36-21-27-17-11-6-12-18-27)29(35-20-26-15-9-5-10-16-26)28(24(3)37-31)34-19-25-13-7-4-8-14-25/h4-18,24,28-31H,1,19-22H2,2-3H3/t24-,28+,29+,30-,31?/m0/s1. The van der Waals surface area contributed by atoms with Gasteiger partial charge in [-0.25, -0.2) is 8.42 Å². The van der Waals surface area contributed by atoms with Crippen LogP contribution in [0.5, 0.6) is 0 Å². The third-order valence-corrected chi connectivity index (χ3v) is 8.37. The quantitative estimate of drug-likeness (QED) is 0.286. The Labute approximate surface area is 226 Å². The predicted octanol–water partition coefficient (Wildman–Crippen LogP) is 5.48. The molecule has 0 aliphatic carbocycles. The van der Waals surface area contributed by atoms with Crippen LogP contribution in [-0.4, -0.2) is 44.0 Å². The summed E-state index contributed by atoms with van der Waals surface area (Å²) >= 11 is 0. The van der Waals surface area contributed by atoms with Gasteiger partial charge in [0.2, 0.25) is 0 Å². The summed E-state index contributed by atoms with van der Waals surface area (Å²) in [7, 11) is -3.76. The maximum Gasteiger partial charge on any atom is 0.188 e. The van der Waals surface area contributed by atoms with Crippen LogP contribution in [0.25, 0.3) is 0 Å². The molecule has 6 nitrogen and oxygen atoms in total. The average Bonchev–Trinajstić information content (AvgIpc) is 2.91. The van der Waals surface area contributed by atoms with Crippen LogP contribution in [0.3, 0.4) is 0 Å². The van der Waals surface area contributed by atoms with Crippen LogP contribution in [0, 0.1) is 0 Å². The monoisotopic (exact) mass is 536 g/mol. The molecule has 3 aromatic carbocycles. The van der Waals surface area contributed by atoms with Crippen LogP contribution in [0.1, 0.15) is 30.5 Å². The zero-order chi connectivity index (χ0) is 27.0. The molecule has 5 atom stereocenters. The summed E-state index contributed by atoms with van der Waals surface area (Å²) in [4.78, 5) is 0. The Hall–Kier alpha value is -2.81. The van der Waals surface area contributed by atoms with Crippen LogP contribution < -0.4 is 0 Å². The lowest BCUT2D eigenvalue weighted by molar-refractivity contribution is -0.244. The molecule has 1 heterocycles. The van der Waals surface area contributed by atoms with Crippen molar-refractivity contribution in [3.8, 4) is 0 Å². The van der Waals surface area contributed by atoms with Crippen molar-refractivity contribution in [2.24, 2.45) is 0 Å².